The Balaban J connectivity index is 1.36. The molecule has 0 atom stereocenters. The van der Waals surface area contributed by atoms with Crippen LogP contribution >= 0.6 is 0 Å². The maximum absolute atomic E-state index is 13.3. The van der Waals surface area contributed by atoms with Crippen molar-refractivity contribution in [2.75, 3.05) is 6.79 Å². The van der Waals surface area contributed by atoms with Crippen LogP contribution < -0.4 is 14.8 Å². The molecule has 0 bridgehead atoms. The Bertz CT molecular complexity index is 1490. The number of ether oxygens (including phenoxy) is 2. The molecular weight excluding hydrogens is 452 g/mol. The summed E-state index contributed by atoms with van der Waals surface area (Å²) < 4.78 is 39.0. The molecule has 34 heavy (non-hydrogen) atoms. The number of para-hydroxylation sites is 1. The van der Waals surface area contributed by atoms with Gasteiger partial charge in [-0.15, -0.1) is 0 Å². The zero-order valence-electron chi connectivity index (χ0n) is 18.7. The smallest absolute Gasteiger partial charge is 0.240 e. The van der Waals surface area contributed by atoms with E-state index in [9.17, 15) is 13.2 Å². The molecule has 3 aromatic carbocycles. The largest absolute Gasteiger partial charge is 0.454 e. The molecule has 1 N–H and O–H groups in total. The van der Waals surface area contributed by atoms with Crippen LogP contribution in [0.25, 0.3) is 10.9 Å². The van der Waals surface area contributed by atoms with E-state index in [2.05, 4.69) is 5.32 Å². The number of benzene rings is 3. The van der Waals surface area contributed by atoms with Crippen molar-refractivity contribution in [2.45, 2.75) is 30.7 Å². The average Bonchev–Trinajstić information content (AvgIpc) is 3.44. The monoisotopic (exact) mass is 476 g/mol. The SMILES string of the molecule is Cc1ccccc1CS(=O)(=O)c1cn(CC(=O)NCc2ccc3c(c2)OCO3)c2ccccc12. The summed E-state index contributed by atoms with van der Waals surface area (Å²) in [5.74, 6) is 1.03. The van der Waals surface area contributed by atoms with Gasteiger partial charge in [0.2, 0.25) is 12.7 Å². The van der Waals surface area contributed by atoms with E-state index in [1.165, 1.54) is 0 Å². The summed E-state index contributed by atoms with van der Waals surface area (Å²) in [5, 5.41) is 3.50. The zero-order chi connectivity index (χ0) is 23.7. The van der Waals surface area contributed by atoms with Gasteiger partial charge in [0.1, 0.15) is 6.54 Å². The van der Waals surface area contributed by atoms with E-state index in [1.54, 1.807) is 22.9 Å². The van der Waals surface area contributed by atoms with E-state index in [-0.39, 0.29) is 29.9 Å². The van der Waals surface area contributed by atoms with Gasteiger partial charge in [-0.1, -0.05) is 48.5 Å². The molecule has 5 rings (SSSR count). The Hall–Kier alpha value is -3.78. The lowest BCUT2D eigenvalue weighted by atomic mass is 10.1. The van der Waals surface area contributed by atoms with Crippen molar-refractivity contribution in [3.63, 3.8) is 0 Å². The minimum atomic E-state index is -3.62. The molecule has 174 valence electrons. The molecule has 1 amide bonds. The molecule has 0 radical (unpaired) electrons. The topological polar surface area (TPSA) is 86.6 Å². The summed E-state index contributed by atoms with van der Waals surface area (Å²) in [5.41, 5.74) is 3.28. The maximum atomic E-state index is 13.3. The van der Waals surface area contributed by atoms with E-state index >= 15 is 0 Å². The lowest BCUT2D eigenvalue weighted by Crippen LogP contribution is -2.26. The summed E-state index contributed by atoms with van der Waals surface area (Å²) in [6.07, 6.45) is 1.57. The van der Waals surface area contributed by atoms with E-state index in [0.717, 1.165) is 16.7 Å². The van der Waals surface area contributed by atoms with E-state index in [1.807, 2.05) is 61.5 Å². The summed E-state index contributed by atoms with van der Waals surface area (Å²) >= 11 is 0. The van der Waals surface area contributed by atoms with Gasteiger partial charge in [0.25, 0.3) is 0 Å². The number of sulfone groups is 1. The Morgan fingerprint density at radius 1 is 1.00 bits per heavy atom. The third-order valence-corrected chi connectivity index (χ3v) is 7.62. The van der Waals surface area contributed by atoms with E-state index < -0.39 is 9.84 Å². The van der Waals surface area contributed by atoms with E-state index in [4.69, 9.17) is 9.47 Å². The number of nitrogens with one attached hydrogen (secondary N) is 1. The number of hydrogen-bond acceptors (Lipinski definition) is 5. The zero-order valence-corrected chi connectivity index (χ0v) is 19.5. The van der Waals surface area contributed by atoms with Gasteiger partial charge in [-0.3, -0.25) is 4.79 Å². The third-order valence-electron chi connectivity index (χ3n) is 5.93. The third kappa shape index (κ3) is 4.36. The molecular formula is C26H24N2O5S. The summed E-state index contributed by atoms with van der Waals surface area (Å²) in [6.45, 7) is 2.43. The number of carbonyl (C=O) groups excluding carboxylic acids is 1. The molecule has 0 fully saturated rings. The first-order valence-corrected chi connectivity index (χ1v) is 12.6. The summed E-state index contributed by atoms with van der Waals surface area (Å²) in [6, 6.07) is 20.2. The fourth-order valence-corrected chi connectivity index (χ4v) is 5.79. The van der Waals surface area contributed by atoms with Crippen LogP contribution in [0.5, 0.6) is 11.5 Å². The van der Waals surface area contributed by atoms with Crippen LogP contribution in [0.2, 0.25) is 0 Å². The second-order valence-corrected chi connectivity index (χ2v) is 10.2. The molecule has 2 heterocycles. The number of aromatic nitrogens is 1. The number of nitrogens with zero attached hydrogens (tertiary/aromatic N) is 1. The second-order valence-electron chi connectivity index (χ2n) is 8.29. The molecule has 1 aliphatic rings. The first kappa shape index (κ1) is 22.0. The molecule has 8 heteroatoms. The predicted octanol–water partition coefficient (Wildman–Crippen LogP) is 3.97. The normalized spacial score (nSPS) is 12.7. The number of rotatable bonds is 7. The molecule has 1 aliphatic heterocycles. The van der Waals surface area contributed by atoms with Gasteiger partial charge < -0.3 is 19.4 Å². The first-order chi connectivity index (χ1) is 16.4. The highest BCUT2D eigenvalue weighted by atomic mass is 32.2. The van der Waals surface area contributed by atoms with Crippen LogP contribution in [-0.4, -0.2) is 25.7 Å². The van der Waals surface area contributed by atoms with Crippen molar-refractivity contribution in [3.05, 3.63) is 89.6 Å². The van der Waals surface area contributed by atoms with Crippen molar-refractivity contribution in [1.29, 1.82) is 0 Å². The van der Waals surface area contributed by atoms with Gasteiger partial charge in [0.15, 0.2) is 21.3 Å². The summed E-state index contributed by atoms with van der Waals surface area (Å²) in [4.78, 5) is 13.0. The van der Waals surface area contributed by atoms with Gasteiger partial charge in [0.05, 0.1) is 10.6 Å². The molecule has 7 nitrogen and oxygen atoms in total. The Morgan fingerprint density at radius 2 is 1.76 bits per heavy atom. The van der Waals surface area contributed by atoms with Crippen LogP contribution in [0.15, 0.2) is 77.8 Å². The minimum Gasteiger partial charge on any atom is -0.454 e. The number of hydrogen-bond donors (Lipinski definition) is 1. The van der Waals surface area contributed by atoms with Crippen LogP contribution in [0.4, 0.5) is 0 Å². The van der Waals surface area contributed by atoms with Gasteiger partial charge in [-0.05, 0) is 41.8 Å². The quantitative estimate of drug-likeness (QED) is 0.436. The number of aryl methyl sites for hydroxylation is 1. The van der Waals surface area contributed by atoms with Gasteiger partial charge in [-0.25, -0.2) is 8.42 Å². The standard InChI is InChI=1S/C26H24N2O5S/c1-18-6-2-3-7-20(18)16-34(30,31)25-14-28(22-9-5-4-8-21(22)25)15-26(29)27-13-19-10-11-23-24(12-19)33-17-32-23/h2-12,14H,13,15-17H2,1H3,(H,27,29). The highest BCUT2D eigenvalue weighted by molar-refractivity contribution is 7.90. The fraction of sp³-hybridized carbons (Fsp3) is 0.192. The van der Waals surface area contributed by atoms with Gasteiger partial charge in [0, 0.05) is 23.6 Å². The van der Waals surface area contributed by atoms with Crippen molar-refractivity contribution in [3.8, 4) is 11.5 Å². The molecule has 0 aliphatic carbocycles. The Morgan fingerprint density at radius 3 is 2.62 bits per heavy atom. The van der Waals surface area contributed by atoms with Crippen LogP contribution in [0.3, 0.4) is 0 Å². The molecule has 0 spiro atoms. The highest BCUT2D eigenvalue weighted by Gasteiger charge is 2.23. The molecule has 1 aromatic heterocycles. The van der Waals surface area contributed by atoms with Gasteiger partial charge >= 0.3 is 0 Å². The minimum absolute atomic E-state index is 0.00491. The summed E-state index contributed by atoms with van der Waals surface area (Å²) in [7, 11) is -3.62. The Kier molecular flexibility index (Phi) is 5.75. The van der Waals surface area contributed by atoms with Crippen LogP contribution in [0.1, 0.15) is 16.7 Å². The highest BCUT2D eigenvalue weighted by Crippen LogP contribution is 2.32. The molecule has 0 saturated heterocycles. The number of fused-ring (bicyclic) bond motifs is 2. The van der Waals surface area contributed by atoms with Gasteiger partial charge in [-0.2, -0.15) is 0 Å². The lowest BCUT2D eigenvalue weighted by Gasteiger charge is -2.08. The van der Waals surface area contributed by atoms with Crippen molar-refractivity contribution < 1.29 is 22.7 Å². The lowest BCUT2D eigenvalue weighted by molar-refractivity contribution is -0.121. The van der Waals surface area contributed by atoms with Crippen molar-refractivity contribution >= 4 is 26.6 Å². The number of amides is 1. The predicted molar refractivity (Wildman–Crippen MR) is 128 cm³/mol. The molecule has 0 unspecified atom stereocenters. The van der Waals surface area contributed by atoms with Crippen LogP contribution in [-0.2, 0) is 33.5 Å². The van der Waals surface area contributed by atoms with E-state index in [0.29, 0.717) is 28.9 Å². The average molecular weight is 477 g/mol. The van der Waals surface area contributed by atoms with Crippen molar-refractivity contribution in [2.24, 2.45) is 0 Å². The Labute approximate surface area is 197 Å². The fourth-order valence-electron chi connectivity index (χ4n) is 4.11. The molecule has 4 aromatic rings. The molecule has 0 saturated carbocycles. The maximum Gasteiger partial charge on any atom is 0.240 e. The van der Waals surface area contributed by atoms with Crippen LogP contribution in [0, 0.1) is 6.92 Å². The van der Waals surface area contributed by atoms with Crippen molar-refractivity contribution in [1.82, 2.24) is 9.88 Å². The first-order valence-electron chi connectivity index (χ1n) is 10.9. The second kappa shape index (κ2) is 8.87. The number of carbonyl (C=O) groups is 1.